The summed E-state index contributed by atoms with van der Waals surface area (Å²) in [5.74, 6) is -0.180. The predicted octanol–water partition coefficient (Wildman–Crippen LogP) is -0.00190. The fraction of sp³-hybridized carbons (Fsp3) is 0.462. The Morgan fingerprint density at radius 2 is 2.05 bits per heavy atom. The van der Waals surface area contributed by atoms with E-state index in [1.807, 2.05) is 0 Å². The van der Waals surface area contributed by atoms with Crippen LogP contribution in [0.4, 0.5) is 0 Å². The van der Waals surface area contributed by atoms with E-state index >= 15 is 0 Å². The number of nitrogens with two attached hydrogens (primary N) is 1. The summed E-state index contributed by atoms with van der Waals surface area (Å²) in [4.78, 5) is 13.6. The molecular weight excluding hydrogens is 278 g/mol. The summed E-state index contributed by atoms with van der Waals surface area (Å²) in [6, 6.07) is 6.54. The topological polar surface area (TPSA) is 83.7 Å². The zero-order valence-electron chi connectivity index (χ0n) is 11.4. The van der Waals surface area contributed by atoms with Gasteiger partial charge in [0.2, 0.25) is 15.9 Å². The van der Waals surface area contributed by atoms with Crippen molar-refractivity contribution in [1.82, 2.24) is 9.21 Å². The second-order valence-corrected chi connectivity index (χ2v) is 6.80. The summed E-state index contributed by atoms with van der Waals surface area (Å²) in [5.41, 5.74) is 6.29. The van der Waals surface area contributed by atoms with Gasteiger partial charge >= 0.3 is 0 Å². The molecule has 1 heterocycles. The molecule has 0 unspecified atom stereocenters. The lowest BCUT2D eigenvalue weighted by molar-refractivity contribution is -0.129. The second-order valence-electron chi connectivity index (χ2n) is 4.86. The first-order chi connectivity index (χ1) is 9.45. The molecule has 1 amide bonds. The Bertz CT molecular complexity index is 601. The molecule has 0 aliphatic carbocycles. The van der Waals surface area contributed by atoms with E-state index in [0.717, 1.165) is 5.56 Å². The molecule has 1 aliphatic heterocycles. The van der Waals surface area contributed by atoms with Crippen LogP contribution in [0.25, 0.3) is 0 Å². The van der Waals surface area contributed by atoms with Crippen LogP contribution >= 0.6 is 0 Å². The average molecular weight is 297 g/mol. The first kappa shape index (κ1) is 15.0. The maximum absolute atomic E-state index is 12.6. The molecule has 0 bridgehead atoms. The van der Waals surface area contributed by atoms with Crippen LogP contribution < -0.4 is 5.73 Å². The van der Waals surface area contributed by atoms with Gasteiger partial charge < -0.3 is 10.6 Å². The van der Waals surface area contributed by atoms with Gasteiger partial charge in [0.05, 0.1) is 11.4 Å². The van der Waals surface area contributed by atoms with E-state index in [-0.39, 0.29) is 23.9 Å². The quantitative estimate of drug-likeness (QED) is 0.851. The number of hydrogen-bond acceptors (Lipinski definition) is 4. The highest BCUT2D eigenvalue weighted by Crippen LogP contribution is 2.19. The molecule has 0 saturated carbocycles. The molecule has 1 aliphatic rings. The molecule has 110 valence electrons. The van der Waals surface area contributed by atoms with Gasteiger partial charge in [-0.1, -0.05) is 12.1 Å². The first-order valence-corrected chi connectivity index (χ1v) is 7.92. The van der Waals surface area contributed by atoms with Crippen molar-refractivity contribution in [3.63, 3.8) is 0 Å². The highest BCUT2D eigenvalue weighted by molar-refractivity contribution is 7.89. The van der Waals surface area contributed by atoms with Gasteiger partial charge in [-0.3, -0.25) is 4.79 Å². The maximum Gasteiger partial charge on any atom is 0.243 e. The third-order valence-electron chi connectivity index (χ3n) is 3.41. The van der Waals surface area contributed by atoms with Gasteiger partial charge in [-0.25, -0.2) is 8.42 Å². The summed E-state index contributed by atoms with van der Waals surface area (Å²) >= 11 is 0. The van der Waals surface area contributed by atoms with Crippen LogP contribution in [0.15, 0.2) is 29.2 Å². The van der Waals surface area contributed by atoms with E-state index in [9.17, 15) is 13.2 Å². The van der Waals surface area contributed by atoms with Crippen LogP contribution in [0.1, 0.15) is 12.0 Å². The minimum absolute atomic E-state index is 0.105. The number of likely N-dealkylation sites (N-methyl/N-ethyl adjacent to an activating group) is 1. The molecule has 2 N–H and O–H groups in total. The van der Waals surface area contributed by atoms with E-state index in [4.69, 9.17) is 5.73 Å². The molecule has 1 saturated heterocycles. The van der Waals surface area contributed by atoms with E-state index in [1.165, 1.54) is 10.4 Å². The second kappa shape index (κ2) is 5.90. The summed E-state index contributed by atoms with van der Waals surface area (Å²) in [7, 11) is -1.96. The monoisotopic (exact) mass is 297 g/mol. The maximum atomic E-state index is 12.6. The van der Waals surface area contributed by atoms with Crippen molar-refractivity contribution in [2.75, 3.05) is 26.7 Å². The fourth-order valence-electron chi connectivity index (χ4n) is 2.15. The van der Waals surface area contributed by atoms with Crippen molar-refractivity contribution in [3.8, 4) is 0 Å². The van der Waals surface area contributed by atoms with Gasteiger partial charge in [0, 0.05) is 26.7 Å². The summed E-state index contributed by atoms with van der Waals surface area (Å²) < 4.78 is 26.4. The number of amides is 1. The molecule has 1 aromatic carbocycles. The fourth-order valence-corrected chi connectivity index (χ4v) is 3.65. The molecular formula is C13H19N3O3S. The van der Waals surface area contributed by atoms with Crippen molar-refractivity contribution >= 4 is 15.9 Å². The van der Waals surface area contributed by atoms with Crippen molar-refractivity contribution in [2.45, 2.75) is 17.9 Å². The van der Waals surface area contributed by atoms with Crippen molar-refractivity contribution in [2.24, 2.45) is 5.73 Å². The standard InChI is InChI=1S/C13H19N3O3S/c1-15-6-3-7-16(10-13(15)17)20(18,19)12-5-2-4-11(8-12)9-14/h2,4-5,8H,3,6-7,9-10,14H2,1H3. The third kappa shape index (κ3) is 3.00. The first-order valence-electron chi connectivity index (χ1n) is 6.48. The largest absolute Gasteiger partial charge is 0.345 e. The van der Waals surface area contributed by atoms with E-state index < -0.39 is 10.0 Å². The molecule has 0 spiro atoms. The smallest absolute Gasteiger partial charge is 0.243 e. The van der Waals surface area contributed by atoms with E-state index in [0.29, 0.717) is 19.5 Å². The molecule has 20 heavy (non-hydrogen) atoms. The van der Waals surface area contributed by atoms with Gasteiger partial charge in [0.25, 0.3) is 0 Å². The summed E-state index contributed by atoms with van der Waals surface area (Å²) in [6.45, 7) is 1.11. The predicted molar refractivity (Wildman–Crippen MR) is 75.3 cm³/mol. The molecule has 0 aromatic heterocycles. The Morgan fingerprint density at radius 3 is 2.75 bits per heavy atom. The Labute approximate surface area is 119 Å². The number of sulfonamides is 1. The minimum Gasteiger partial charge on any atom is -0.345 e. The van der Waals surface area contributed by atoms with Crippen LogP contribution in [0, 0.1) is 0 Å². The highest BCUT2D eigenvalue weighted by Gasteiger charge is 2.29. The van der Waals surface area contributed by atoms with E-state index in [1.54, 1.807) is 30.1 Å². The number of nitrogens with zero attached hydrogens (tertiary/aromatic N) is 2. The molecule has 0 radical (unpaired) electrons. The summed E-state index contributed by atoms with van der Waals surface area (Å²) in [5, 5.41) is 0. The minimum atomic E-state index is -3.64. The highest BCUT2D eigenvalue weighted by atomic mass is 32.2. The third-order valence-corrected chi connectivity index (χ3v) is 5.25. The van der Waals surface area contributed by atoms with Crippen LogP contribution in [-0.4, -0.2) is 50.2 Å². The van der Waals surface area contributed by atoms with E-state index in [2.05, 4.69) is 0 Å². The Kier molecular flexibility index (Phi) is 4.42. The Morgan fingerprint density at radius 1 is 1.30 bits per heavy atom. The van der Waals surface area contributed by atoms with Crippen molar-refractivity contribution in [3.05, 3.63) is 29.8 Å². The molecule has 1 fully saturated rings. The van der Waals surface area contributed by atoms with Gasteiger partial charge in [-0.05, 0) is 24.1 Å². The zero-order chi connectivity index (χ0) is 14.8. The van der Waals surface area contributed by atoms with Crippen LogP contribution in [0.5, 0.6) is 0 Å². The zero-order valence-corrected chi connectivity index (χ0v) is 12.3. The average Bonchev–Trinajstić information content (AvgIpc) is 2.61. The number of benzene rings is 1. The molecule has 2 rings (SSSR count). The van der Waals surface area contributed by atoms with Crippen LogP contribution in [0.3, 0.4) is 0 Å². The van der Waals surface area contributed by atoms with Crippen LogP contribution in [0.2, 0.25) is 0 Å². The molecule has 6 nitrogen and oxygen atoms in total. The van der Waals surface area contributed by atoms with Crippen molar-refractivity contribution in [1.29, 1.82) is 0 Å². The SMILES string of the molecule is CN1CCCN(S(=O)(=O)c2cccc(CN)c2)CC1=O. The number of carbonyl (C=O) groups excluding carboxylic acids is 1. The number of rotatable bonds is 3. The number of carbonyl (C=O) groups is 1. The lowest BCUT2D eigenvalue weighted by Crippen LogP contribution is -2.38. The Hall–Kier alpha value is -1.44. The lowest BCUT2D eigenvalue weighted by Gasteiger charge is -2.19. The number of hydrogen-bond donors (Lipinski definition) is 1. The van der Waals surface area contributed by atoms with Gasteiger partial charge in [-0.2, -0.15) is 4.31 Å². The lowest BCUT2D eigenvalue weighted by atomic mass is 10.2. The molecule has 0 atom stereocenters. The van der Waals surface area contributed by atoms with Crippen LogP contribution in [-0.2, 0) is 21.4 Å². The normalized spacial score (nSPS) is 18.1. The molecule has 7 heteroatoms. The molecule has 1 aromatic rings. The van der Waals surface area contributed by atoms with Gasteiger partial charge in [0.15, 0.2) is 0 Å². The van der Waals surface area contributed by atoms with Gasteiger partial charge in [0.1, 0.15) is 0 Å². The summed E-state index contributed by atoms with van der Waals surface area (Å²) in [6.07, 6.45) is 0.637. The van der Waals surface area contributed by atoms with Gasteiger partial charge in [-0.15, -0.1) is 0 Å². The van der Waals surface area contributed by atoms with Crippen molar-refractivity contribution < 1.29 is 13.2 Å². The Balaban J connectivity index is 2.31.